The third kappa shape index (κ3) is 3.99. The van der Waals surface area contributed by atoms with Gasteiger partial charge in [-0.1, -0.05) is 18.2 Å². The van der Waals surface area contributed by atoms with Crippen LogP contribution in [-0.2, 0) is 28.8 Å². The van der Waals surface area contributed by atoms with E-state index in [1.807, 2.05) is 11.4 Å². The number of aromatic nitrogens is 2. The minimum absolute atomic E-state index is 0.0824. The first-order valence-electron chi connectivity index (χ1n) is 9.25. The molecule has 0 radical (unpaired) electrons. The molecule has 4 rings (SSSR count). The summed E-state index contributed by atoms with van der Waals surface area (Å²) in [5.41, 5.74) is 5.65. The molecule has 0 spiro atoms. The lowest BCUT2D eigenvalue weighted by atomic mass is 9.90. The lowest BCUT2D eigenvalue weighted by Gasteiger charge is -2.16. The minimum Gasteiger partial charge on any atom is -0.464 e. The van der Waals surface area contributed by atoms with Crippen LogP contribution in [0, 0.1) is 0 Å². The zero-order chi connectivity index (χ0) is 19.5. The summed E-state index contributed by atoms with van der Waals surface area (Å²) in [6, 6.07) is 8.05. The Morgan fingerprint density at radius 2 is 2.04 bits per heavy atom. The zero-order valence-corrected chi connectivity index (χ0v) is 16.4. The molecule has 144 valence electrons. The van der Waals surface area contributed by atoms with Gasteiger partial charge in [0.25, 0.3) is 0 Å². The number of nitrogens with zero attached hydrogens (tertiary/aromatic N) is 1. The summed E-state index contributed by atoms with van der Waals surface area (Å²) < 4.78 is 4.69. The number of thiazole rings is 1. The highest BCUT2D eigenvalue weighted by Crippen LogP contribution is 2.26. The molecule has 2 N–H and O–H groups in total. The van der Waals surface area contributed by atoms with Crippen molar-refractivity contribution in [2.45, 2.75) is 32.1 Å². The molecule has 1 amide bonds. The topological polar surface area (TPSA) is 84.1 Å². The molecule has 0 atom stereocenters. The quantitative estimate of drug-likeness (QED) is 0.640. The summed E-state index contributed by atoms with van der Waals surface area (Å²) in [6.07, 6.45) is 6.74. The highest BCUT2D eigenvalue weighted by molar-refractivity contribution is 7.14. The fourth-order valence-electron chi connectivity index (χ4n) is 3.48. The average Bonchev–Trinajstić information content (AvgIpc) is 3.36. The fourth-order valence-corrected chi connectivity index (χ4v) is 4.22. The van der Waals surface area contributed by atoms with E-state index >= 15 is 0 Å². The van der Waals surface area contributed by atoms with E-state index < -0.39 is 5.97 Å². The standard InChI is InChI=1S/C21H21N3O3S/c1-27-20(26)17-10-16(11-22-17)18-12-28-21(23-18)24-19(25)9-13-6-7-14-4-2-3-5-15(14)8-13/h6-8,10-12,22H,2-5,9H2,1H3,(H,23,24,25). The van der Waals surface area contributed by atoms with Gasteiger partial charge in [0, 0.05) is 17.1 Å². The molecule has 1 aliphatic rings. The number of H-pyrrole nitrogens is 1. The van der Waals surface area contributed by atoms with Crippen LogP contribution < -0.4 is 5.32 Å². The summed E-state index contributed by atoms with van der Waals surface area (Å²) in [5.74, 6) is -0.513. The van der Waals surface area contributed by atoms with Crippen LogP contribution in [0.4, 0.5) is 5.13 Å². The van der Waals surface area contributed by atoms with Crippen LogP contribution >= 0.6 is 11.3 Å². The summed E-state index contributed by atoms with van der Waals surface area (Å²) in [5, 5.41) is 5.25. The Bertz CT molecular complexity index is 1020. The first-order valence-corrected chi connectivity index (χ1v) is 10.1. The Labute approximate surface area is 167 Å². The highest BCUT2D eigenvalue weighted by atomic mass is 32.1. The van der Waals surface area contributed by atoms with Crippen LogP contribution in [0.5, 0.6) is 0 Å². The second kappa shape index (κ2) is 7.98. The van der Waals surface area contributed by atoms with Crippen LogP contribution in [0.2, 0.25) is 0 Å². The van der Waals surface area contributed by atoms with Gasteiger partial charge in [-0.05, 0) is 48.4 Å². The third-order valence-electron chi connectivity index (χ3n) is 4.91. The molecule has 0 saturated carbocycles. The largest absolute Gasteiger partial charge is 0.464 e. The average molecular weight is 395 g/mol. The van der Waals surface area contributed by atoms with Crippen molar-refractivity contribution in [2.24, 2.45) is 0 Å². The Hall–Kier alpha value is -2.93. The Morgan fingerprint density at radius 3 is 2.86 bits per heavy atom. The van der Waals surface area contributed by atoms with Crippen molar-refractivity contribution in [1.29, 1.82) is 0 Å². The van der Waals surface area contributed by atoms with Crippen LogP contribution in [0.3, 0.4) is 0 Å². The minimum atomic E-state index is -0.431. The highest BCUT2D eigenvalue weighted by Gasteiger charge is 2.14. The number of amides is 1. The first-order chi connectivity index (χ1) is 13.6. The molecule has 0 fully saturated rings. The van der Waals surface area contributed by atoms with Gasteiger partial charge < -0.3 is 15.0 Å². The Morgan fingerprint density at radius 1 is 1.21 bits per heavy atom. The predicted octanol–water partition coefficient (Wildman–Crippen LogP) is 3.98. The molecule has 2 aromatic heterocycles. The third-order valence-corrected chi connectivity index (χ3v) is 5.67. The monoisotopic (exact) mass is 395 g/mol. The molecular weight excluding hydrogens is 374 g/mol. The maximum absolute atomic E-state index is 12.4. The molecule has 1 aliphatic carbocycles. The van der Waals surface area contributed by atoms with Crippen molar-refractivity contribution in [3.63, 3.8) is 0 Å². The van der Waals surface area contributed by atoms with E-state index in [2.05, 4.69) is 32.2 Å². The van der Waals surface area contributed by atoms with E-state index in [0.717, 1.165) is 24.0 Å². The molecule has 2 heterocycles. The van der Waals surface area contributed by atoms with Crippen LogP contribution in [0.15, 0.2) is 35.8 Å². The number of ether oxygens (including phenoxy) is 1. The maximum Gasteiger partial charge on any atom is 0.354 e. The van der Waals surface area contributed by atoms with Crippen molar-refractivity contribution in [3.05, 3.63) is 58.2 Å². The number of aromatic amines is 1. The first kappa shape index (κ1) is 18.4. The molecule has 6 nitrogen and oxygen atoms in total. The van der Waals surface area contributed by atoms with Gasteiger partial charge in [-0.3, -0.25) is 4.79 Å². The van der Waals surface area contributed by atoms with Gasteiger partial charge in [0.2, 0.25) is 5.91 Å². The summed E-state index contributed by atoms with van der Waals surface area (Å²) in [6.45, 7) is 0. The van der Waals surface area contributed by atoms with Gasteiger partial charge in [-0.2, -0.15) is 0 Å². The predicted molar refractivity (Wildman–Crippen MR) is 109 cm³/mol. The molecular formula is C21H21N3O3S. The smallest absolute Gasteiger partial charge is 0.354 e. The van der Waals surface area contributed by atoms with E-state index in [4.69, 9.17) is 0 Å². The SMILES string of the molecule is COC(=O)c1cc(-c2csc(NC(=O)Cc3ccc4c(c3)CCCC4)n2)c[nH]1. The molecule has 28 heavy (non-hydrogen) atoms. The zero-order valence-electron chi connectivity index (χ0n) is 15.6. The number of aryl methyl sites for hydroxylation is 2. The number of carbonyl (C=O) groups excluding carboxylic acids is 2. The molecule has 7 heteroatoms. The molecule has 1 aromatic carbocycles. The van der Waals surface area contributed by atoms with Crippen molar-refractivity contribution in [2.75, 3.05) is 12.4 Å². The number of esters is 1. The lowest BCUT2D eigenvalue weighted by Crippen LogP contribution is -2.15. The van der Waals surface area contributed by atoms with Gasteiger partial charge in [-0.25, -0.2) is 9.78 Å². The van der Waals surface area contributed by atoms with E-state index in [1.54, 1.807) is 12.3 Å². The number of nitrogens with one attached hydrogen (secondary N) is 2. The molecule has 0 bridgehead atoms. The van der Waals surface area contributed by atoms with E-state index in [9.17, 15) is 9.59 Å². The van der Waals surface area contributed by atoms with E-state index in [-0.39, 0.29) is 5.91 Å². The molecule has 3 aromatic rings. The second-order valence-corrected chi connectivity index (χ2v) is 7.72. The van der Waals surface area contributed by atoms with Crippen molar-refractivity contribution >= 4 is 28.3 Å². The van der Waals surface area contributed by atoms with Gasteiger partial charge in [0.1, 0.15) is 5.69 Å². The number of hydrogen-bond donors (Lipinski definition) is 2. The summed E-state index contributed by atoms with van der Waals surface area (Å²) in [4.78, 5) is 31.3. The number of hydrogen-bond acceptors (Lipinski definition) is 5. The fraction of sp³-hybridized carbons (Fsp3) is 0.286. The molecule has 0 saturated heterocycles. The van der Waals surface area contributed by atoms with Gasteiger partial charge in [-0.15, -0.1) is 11.3 Å². The van der Waals surface area contributed by atoms with Crippen molar-refractivity contribution in [1.82, 2.24) is 9.97 Å². The van der Waals surface area contributed by atoms with Crippen molar-refractivity contribution in [3.8, 4) is 11.3 Å². The summed E-state index contributed by atoms with van der Waals surface area (Å²) >= 11 is 1.36. The molecule has 0 aliphatic heterocycles. The van der Waals surface area contributed by atoms with Crippen LogP contribution in [-0.4, -0.2) is 29.0 Å². The maximum atomic E-state index is 12.4. The normalized spacial score (nSPS) is 13.0. The number of anilines is 1. The van der Waals surface area contributed by atoms with Gasteiger partial charge in [0.15, 0.2) is 5.13 Å². The number of methoxy groups -OCH3 is 1. The number of rotatable bonds is 5. The summed E-state index contributed by atoms with van der Waals surface area (Å²) in [7, 11) is 1.34. The van der Waals surface area contributed by atoms with Crippen LogP contribution in [0.25, 0.3) is 11.3 Å². The number of fused-ring (bicyclic) bond motifs is 1. The Balaban J connectivity index is 1.40. The van der Waals surface area contributed by atoms with Gasteiger partial charge >= 0.3 is 5.97 Å². The van der Waals surface area contributed by atoms with Crippen molar-refractivity contribution < 1.29 is 14.3 Å². The number of carbonyl (C=O) groups is 2. The van der Waals surface area contributed by atoms with Crippen LogP contribution in [0.1, 0.15) is 40.0 Å². The van der Waals surface area contributed by atoms with E-state index in [1.165, 1.54) is 42.4 Å². The lowest BCUT2D eigenvalue weighted by molar-refractivity contribution is -0.115. The molecule has 0 unspecified atom stereocenters. The second-order valence-electron chi connectivity index (χ2n) is 6.87. The van der Waals surface area contributed by atoms with E-state index in [0.29, 0.717) is 22.9 Å². The van der Waals surface area contributed by atoms with Gasteiger partial charge in [0.05, 0.1) is 19.2 Å². The Kier molecular flexibility index (Phi) is 5.25. The number of benzene rings is 1.